The van der Waals surface area contributed by atoms with Gasteiger partial charge in [-0.3, -0.25) is 0 Å². The Morgan fingerprint density at radius 1 is 0.786 bits per heavy atom. The zero-order valence-corrected chi connectivity index (χ0v) is 23.7. The summed E-state index contributed by atoms with van der Waals surface area (Å²) in [4.78, 5) is 4.61. The molecule has 0 atom stereocenters. The van der Waals surface area contributed by atoms with Gasteiger partial charge in [-0.25, -0.2) is 4.99 Å². The molecule has 0 fully saturated rings. The number of ether oxygens (including phenoxy) is 4. The first-order valence-electron chi connectivity index (χ1n) is 13.5. The number of methoxy groups -OCH3 is 2. The molecule has 42 heavy (non-hydrogen) atoms. The maximum Gasteiger partial charge on any atom is 0.238 e. The number of nitriles is 1. The van der Waals surface area contributed by atoms with Crippen LogP contribution in [0.5, 0.6) is 23.0 Å². The van der Waals surface area contributed by atoms with E-state index < -0.39 is 0 Å². The summed E-state index contributed by atoms with van der Waals surface area (Å²) in [6, 6.07) is 32.8. The van der Waals surface area contributed by atoms with Gasteiger partial charge in [-0.2, -0.15) is 5.26 Å². The molecule has 0 amide bonds. The average Bonchev–Trinajstić information content (AvgIpc) is 3.42. The molecule has 0 spiro atoms. The molecule has 0 aliphatic heterocycles. The van der Waals surface area contributed by atoms with Crippen LogP contribution in [0.15, 0.2) is 106 Å². The summed E-state index contributed by atoms with van der Waals surface area (Å²) >= 11 is 0. The van der Waals surface area contributed by atoms with Gasteiger partial charge in [-0.05, 0) is 78.2 Å². The van der Waals surface area contributed by atoms with Crippen molar-refractivity contribution in [2.45, 2.75) is 13.5 Å². The van der Waals surface area contributed by atoms with Crippen LogP contribution < -0.4 is 18.9 Å². The largest absolute Gasteiger partial charge is 0.497 e. The highest BCUT2D eigenvalue weighted by Crippen LogP contribution is 2.43. The number of furan rings is 1. The Kier molecular flexibility index (Phi) is 8.85. The number of rotatable bonds is 11. The normalized spacial score (nSPS) is 10.8. The highest BCUT2D eigenvalue weighted by Gasteiger charge is 2.23. The van der Waals surface area contributed by atoms with E-state index in [1.165, 1.54) is 0 Å². The number of nitrogens with zero attached hydrogens (tertiary/aromatic N) is 2. The molecule has 0 N–H and O–H groups in total. The van der Waals surface area contributed by atoms with E-state index in [1.807, 2.05) is 104 Å². The minimum Gasteiger partial charge on any atom is -0.497 e. The number of benzene rings is 4. The fraction of sp³-hybridized carbons (Fsp3) is 0.143. The van der Waals surface area contributed by atoms with Gasteiger partial charge in [0.2, 0.25) is 5.88 Å². The molecule has 5 rings (SSSR count). The lowest BCUT2D eigenvalue weighted by Crippen LogP contribution is -2.00. The first-order valence-corrected chi connectivity index (χ1v) is 13.5. The zero-order valence-electron chi connectivity index (χ0n) is 23.7. The highest BCUT2D eigenvalue weighted by molar-refractivity contribution is 5.90. The molecule has 7 heteroatoms. The van der Waals surface area contributed by atoms with Crippen molar-refractivity contribution in [3.05, 3.63) is 114 Å². The van der Waals surface area contributed by atoms with Crippen LogP contribution in [0.3, 0.4) is 0 Å². The lowest BCUT2D eigenvalue weighted by molar-refractivity contribution is 0.269. The summed E-state index contributed by atoms with van der Waals surface area (Å²) in [5.74, 6) is 3.41. The molecule has 210 valence electrons. The summed E-state index contributed by atoms with van der Waals surface area (Å²) in [5.41, 5.74) is 4.41. The third-order valence-electron chi connectivity index (χ3n) is 6.57. The van der Waals surface area contributed by atoms with Crippen LogP contribution in [-0.2, 0) is 6.61 Å². The molecule has 7 nitrogen and oxygen atoms in total. The molecule has 0 aliphatic carbocycles. The van der Waals surface area contributed by atoms with Crippen LogP contribution >= 0.6 is 0 Å². The van der Waals surface area contributed by atoms with Gasteiger partial charge in [-0.1, -0.05) is 42.5 Å². The van der Waals surface area contributed by atoms with Crippen LogP contribution in [0.1, 0.15) is 23.6 Å². The lowest BCUT2D eigenvalue weighted by atomic mass is 9.98. The summed E-state index contributed by atoms with van der Waals surface area (Å²) in [7, 11) is 3.23. The average molecular weight is 559 g/mol. The van der Waals surface area contributed by atoms with Gasteiger partial charge in [0.15, 0.2) is 11.5 Å². The first-order chi connectivity index (χ1) is 20.6. The third kappa shape index (κ3) is 6.29. The molecule has 1 heterocycles. The van der Waals surface area contributed by atoms with E-state index in [1.54, 1.807) is 20.4 Å². The SMILES string of the molecule is CCOc1cc(/C=N/c2oc(-c3ccc(OC)cc3)c(-c3ccc(OC)cc3)c2C#N)ccc1OCc1ccccc1. The Hall–Kier alpha value is -5.48. The Morgan fingerprint density at radius 3 is 2.07 bits per heavy atom. The molecular formula is C35H30N2O5. The van der Waals surface area contributed by atoms with E-state index in [4.69, 9.17) is 23.4 Å². The maximum absolute atomic E-state index is 10.2. The second-order valence-corrected chi connectivity index (χ2v) is 9.23. The minimum absolute atomic E-state index is 0.205. The second-order valence-electron chi connectivity index (χ2n) is 9.23. The van der Waals surface area contributed by atoms with Crippen molar-refractivity contribution in [2.24, 2.45) is 4.99 Å². The Bertz CT molecular complexity index is 1700. The molecule has 0 saturated heterocycles. The lowest BCUT2D eigenvalue weighted by Gasteiger charge is -2.12. The summed E-state index contributed by atoms with van der Waals surface area (Å²) < 4.78 is 28.8. The van der Waals surface area contributed by atoms with Crippen molar-refractivity contribution in [3.8, 4) is 51.5 Å². The van der Waals surface area contributed by atoms with E-state index >= 15 is 0 Å². The van der Waals surface area contributed by atoms with Crippen LogP contribution in [-0.4, -0.2) is 27.0 Å². The van der Waals surface area contributed by atoms with E-state index in [0.717, 1.165) is 28.0 Å². The van der Waals surface area contributed by atoms with Crippen molar-refractivity contribution in [2.75, 3.05) is 20.8 Å². The van der Waals surface area contributed by atoms with Crippen LogP contribution in [0.25, 0.3) is 22.5 Å². The topological polar surface area (TPSA) is 86.2 Å². The van der Waals surface area contributed by atoms with Crippen LogP contribution in [0.2, 0.25) is 0 Å². The number of hydrogen-bond donors (Lipinski definition) is 0. The molecule has 4 aromatic carbocycles. The quantitative estimate of drug-likeness (QED) is 0.152. The monoisotopic (exact) mass is 558 g/mol. The van der Waals surface area contributed by atoms with E-state index in [-0.39, 0.29) is 5.88 Å². The third-order valence-corrected chi connectivity index (χ3v) is 6.57. The minimum atomic E-state index is 0.205. The predicted octanol–water partition coefficient (Wildman–Crippen LogP) is 8.23. The van der Waals surface area contributed by atoms with Crippen molar-refractivity contribution in [3.63, 3.8) is 0 Å². The molecule has 0 bridgehead atoms. The smallest absolute Gasteiger partial charge is 0.238 e. The van der Waals surface area contributed by atoms with Gasteiger partial charge >= 0.3 is 0 Å². The van der Waals surface area contributed by atoms with Gasteiger partial charge in [-0.15, -0.1) is 0 Å². The highest BCUT2D eigenvalue weighted by atomic mass is 16.5. The van der Waals surface area contributed by atoms with Crippen molar-refractivity contribution in [1.29, 1.82) is 5.26 Å². The van der Waals surface area contributed by atoms with Gasteiger partial charge < -0.3 is 23.4 Å². The van der Waals surface area contributed by atoms with Crippen molar-refractivity contribution < 1.29 is 23.4 Å². The summed E-state index contributed by atoms with van der Waals surface area (Å²) in [6.07, 6.45) is 1.65. The van der Waals surface area contributed by atoms with Crippen LogP contribution in [0, 0.1) is 11.3 Å². The fourth-order valence-corrected chi connectivity index (χ4v) is 4.45. The maximum atomic E-state index is 10.2. The van der Waals surface area contributed by atoms with E-state index in [0.29, 0.717) is 47.3 Å². The summed E-state index contributed by atoms with van der Waals surface area (Å²) in [6.45, 7) is 2.83. The first kappa shape index (κ1) is 28.1. The number of aliphatic imine (C=N–C) groups is 1. The van der Waals surface area contributed by atoms with Gasteiger partial charge in [0.05, 0.1) is 20.8 Å². The molecule has 0 aliphatic rings. The molecule has 0 radical (unpaired) electrons. The van der Waals surface area contributed by atoms with Gasteiger partial charge in [0.1, 0.15) is 35.5 Å². The van der Waals surface area contributed by atoms with E-state index in [9.17, 15) is 5.26 Å². The Labute approximate surface area is 245 Å². The molecule has 0 unspecified atom stereocenters. The molecule has 0 saturated carbocycles. The Balaban J connectivity index is 1.50. The summed E-state index contributed by atoms with van der Waals surface area (Å²) in [5, 5.41) is 10.2. The molecule has 1 aromatic heterocycles. The van der Waals surface area contributed by atoms with Crippen molar-refractivity contribution in [1.82, 2.24) is 0 Å². The molecule has 5 aromatic rings. The standard InChI is InChI=1S/C35H30N2O5/c1-4-40-32-20-25(10-19-31(32)41-23-24-8-6-5-7-9-24)22-37-35-30(21-36)33(26-11-15-28(38-2)16-12-26)34(42-35)27-13-17-29(39-3)18-14-27/h5-20,22H,4,23H2,1-3H3/b37-22+. The van der Waals surface area contributed by atoms with E-state index in [2.05, 4.69) is 11.1 Å². The van der Waals surface area contributed by atoms with Gasteiger partial charge in [0.25, 0.3) is 0 Å². The van der Waals surface area contributed by atoms with Crippen LogP contribution in [0.4, 0.5) is 5.88 Å². The number of hydrogen-bond acceptors (Lipinski definition) is 7. The zero-order chi connectivity index (χ0) is 29.3. The fourth-order valence-electron chi connectivity index (χ4n) is 4.45. The predicted molar refractivity (Wildman–Crippen MR) is 163 cm³/mol. The van der Waals surface area contributed by atoms with Gasteiger partial charge in [0, 0.05) is 17.3 Å². The van der Waals surface area contributed by atoms with Crippen molar-refractivity contribution >= 4 is 12.1 Å². The second kappa shape index (κ2) is 13.2. The molecular weight excluding hydrogens is 528 g/mol. The Morgan fingerprint density at radius 2 is 1.45 bits per heavy atom.